The van der Waals surface area contributed by atoms with Crippen LogP contribution in [-0.4, -0.2) is 29.7 Å². The molecule has 3 aromatic rings. The Morgan fingerprint density at radius 3 is 2.49 bits per heavy atom. The topological polar surface area (TPSA) is 117 Å². The van der Waals surface area contributed by atoms with Crippen molar-refractivity contribution in [2.45, 2.75) is 54.5 Å². The van der Waals surface area contributed by atoms with E-state index in [0.29, 0.717) is 35.1 Å². The van der Waals surface area contributed by atoms with Gasteiger partial charge in [0.1, 0.15) is 11.5 Å². The molecule has 0 saturated carbocycles. The highest BCUT2D eigenvalue weighted by molar-refractivity contribution is 5.99. The third-order valence-electron chi connectivity index (χ3n) is 6.15. The largest absolute Gasteiger partial charge is 0.508 e. The molecule has 1 aliphatic heterocycles. The van der Waals surface area contributed by atoms with Crippen molar-refractivity contribution in [3.63, 3.8) is 0 Å². The molecular formula is C31H38N4O4. The lowest BCUT2D eigenvalue weighted by atomic mass is 9.79. The first kappa shape index (κ1) is 30.7. The van der Waals surface area contributed by atoms with Gasteiger partial charge < -0.3 is 25.2 Å². The van der Waals surface area contributed by atoms with Crippen molar-refractivity contribution in [3.8, 4) is 23.4 Å². The van der Waals surface area contributed by atoms with E-state index in [9.17, 15) is 15.2 Å². The predicted molar refractivity (Wildman–Crippen MR) is 154 cm³/mol. The molecule has 39 heavy (non-hydrogen) atoms. The summed E-state index contributed by atoms with van der Waals surface area (Å²) in [4.78, 5) is 18.2. The van der Waals surface area contributed by atoms with Crippen LogP contribution in [0.1, 0.15) is 68.9 Å². The van der Waals surface area contributed by atoms with Crippen LogP contribution in [0.15, 0.2) is 59.9 Å². The lowest BCUT2D eigenvalue weighted by Gasteiger charge is -2.33. The normalized spacial score (nSPS) is 13.4. The number of allylic oxidation sites excluding steroid dienone is 1. The number of methoxy groups -OCH3 is 1. The number of rotatable bonds is 7. The van der Waals surface area contributed by atoms with Crippen LogP contribution in [0.4, 0.5) is 5.69 Å². The zero-order valence-corrected chi connectivity index (χ0v) is 22.7. The second kappa shape index (κ2) is 13.9. The highest BCUT2D eigenvalue weighted by Gasteiger charge is 2.37. The smallest absolute Gasteiger partial charge is 0.250 e. The quantitative estimate of drug-likeness (QED) is 0.334. The van der Waals surface area contributed by atoms with Crippen molar-refractivity contribution in [2.24, 2.45) is 0 Å². The van der Waals surface area contributed by atoms with Crippen molar-refractivity contribution in [3.05, 3.63) is 87.7 Å². The highest BCUT2D eigenvalue weighted by Crippen LogP contribution is 2.49. The lowest BCUT2D eigenvalue weighted by Crippen LogP contribution is -2.32. The first-order chi connectivity index (χ1) is 18.4. The second-order valence-electron chi connectivity index (χ2n) is 8.48. The van der Waals surface area contributed by atoms with Crippen molar-refractivity contribution in [1.82, 2.24) is 10.3 Å². The number of pyridine rings is 1. The molecule has 0 bridgehead atoms. The number of ether oxygens (including phenoxy) is 2. The summed E-state index contributed by atoms with van der Waals surface area (Å²) in [6.45, 7) is 10.4. The molecule has 0 saturated heterocycles. The summed E-state index contributed by atoms with van der Waals surface area (Å²) in [6, 6.07) is 14.0. The maximum absolute atomic E-state index is 13.7. The number of nitriles is 1. The highest BCUT2D eigenvalue weighted by atomic mass is 16.5. The molecule has 4 rings (SSSR count). The number of aromatic hydroxyl groups is 1. The van der Waals surface area contributed by atoms with Gasteiger partial charge in [0.2, 0.25) is 11.8 Å². The number of fused-ring (bicyclic) bond motifs is 1. The Kier molecular flexibility index (Phi) is 10.9. The van der Waals surface area contributed by atoms with Crippen molar-refractivity contribution in [2.75, 3.05) is 19.0 Å². The zero-order valence-electron chi connectivity index (χ0n) is 22.7. The Morgan fingerprint density at radius 1 is 1.18 bits per heavy atom. The molecule has 206 valence electrons. The second-order valence-corrected chi connectivity index (χ2v) is 8.48. The van der Waals surface area contributed by atoms with E-state index in [-0.39, 0.29) is 25.6 Å². The fourth-order valence-electron chi connectivity index (χ4n) is 4.43. The van der Waals surface area contributed by atoms with Crippen LogP contribution in [0, 0.1) is 18.3 Å². The van der Waals surface area contributed by atoms with E-state index in [4.69, 9.17) is 9.47 Å². The Bertz CT molecular complexity index is 1370. The molecule has 0 spiro atoms. The van der Waals surface area contributed by atoms with Crippen molar-refractivity contribution >= 4 is 11.6 Å². The van der Waals surface area contributed by atoms with Gasteiger partial charge in [-0.2, -0.15) is 5.26 Å². The number of carbonyl (C=O) groups excluding carboxylic acids is 1. The van der Waals surface area contributed by atoms with E-state index in [1.165, 1.54) is 0 Å². The Hall–Kier alpha value is -4.51. The third kappa shape index (κ3) is 6.50. The Morgan fingerprint density at radius 2 is 1.87 bits per heavy atom. The molecule has 0 fully saturated rings. The van der Waals surface area contributed by atoms with Crippen LogP contribution in [0.2, 0.25) is 0 Å². The number of hydrogen-bond donors (Lipinski definition) is 3. The molecule has 1 unspecified atom stereocenters. The minimum Gasteiger partial charge on any atom is -0.508 e. The van der Waals surface area contributed by atoms with Crippen LogP contribution in [0.3, 0.4) is 0 Å². The van der Waals surface area contributed by atoms with Crippen LogP contribution < -0.4 is 20.1 Å². The van der Waals surface area contributed by atoms with E-state index < -0.39 is 5.92 Å². The number of anilines is 1. The molecule has 3 N–H and O–H groups in total. The molecular weight excluding hydrogens is 492 g/mol. The molecule has 0 aliphatic carbocycles. The summed E-state index contributed by atoms with van der Waals surface area (Å²) < 4.78 is 11.6. The molecule has 8 heteroatoms. The van der Waals surface area contributed by atoms with Gasteiger partial charge >= 0.3 is 0 Å². The fraction of sp³-hybridized carbons (Fsp3) is 0.323. The van der Waals surface area contributed by atoms with Crippen molar-refractivity contribution in [1.29, 1.82) is 5.26 Å². The molecule has 2 heterocycles. The summed E-state index contributed by atoms with van der Waals surface area (Å²) in [6.07, 6.45) is 1.74. The van der Waals surface area contributed by atoms with Crippen LogP contribution in [0.5, 0.6) is 17.4 Å². The number of hydrogen-bond acceptors (Lipinski definition) is 7. The first-order valence-electron chi connectivity index (χ1n) is 12.6. The average Bonchev–Trinajstić information content (AvgIpc) is 2.94. The van der Waals surface area contributed by atoms with E-state index in [1.807, 2.05) is 40.7 Å². The first-order valence-corrected chi connectivity index (χ1v) is 12.6. The van der Waals surface area contributed by atoms with Gasteiger partial charge in [-0.1, -0.05) is 39.5 Å². The molecule has 8 nitrogen and oxygen atoms in total. The summed E-state index contributed by atoms with van der Waals surface area (Å²) >= 11 is 0. The number of amides is 1. The number of aromatic nitrogens is 1. The van der Waals surface area contributed by atoms with Gasteiger partial charge in [0, 0.05) is 29.6 Å². The van der Waals surface area contributed by atoms with Gasteiger partial charge in [-0.15, -0.1) is 0 Å². The number of carbonyl (C=O) groups is 1. The number of phenolic OH excluding ortho intramolecular Hbond substituents is 1. The van der Waals surface area contributed by atoms with Gasteiger partial charge in [0.05, 0.1) is 42.5 Å². The maximum atomic E-state index is 13.7. The Balaban J connectivity index is 0.00000174. The van der Waals surface area contributed by atoms with Gasteiger partial charge in [0.25, 0.3) is 0 Å². The molecule has 1 atom stereocenters. The van der Waals surface area contributed by atoms with Gasteiger partial charge in [-0.3, -0.25) is 4.79 Å². The van der Waals surface area contributed by atoms with Gasteiger partial charge in [-0.05, 0) is 56.2 Å². The molecule has 1 amide bonds. The monoisotopic (exact) mass is 530 g/mol. The SMILES string of the molecule is C.CC.CCOc1ncc(C)c2c1C(c1ccc(C#N)cc1OC)C(C(=O)NCc1ccc(O)cc1)=C(C)N2. The minimum absolute atomic E-state index is 0. The summed E-state index contributed by atoms with van der Waals surface area (Å²) in [5.74, 6) is 0.263. The van der Waals surface area contributed by atoms with E-state index >= 15 is 0 Å². The Labute approximate surface area is 231 Å². The van der Waals surface area contributed by atoms with Crippen molar-refractivity contribution < 1.29 is 19.4 Å². The van der Waals surface area contributed by atoms with E-state index in [2.05, 4.69) is 21.7 Å². The van der Waals surface area contributed by atoms with Crippen LogP contribution >= 0.6 is 0 Å². The average molecular weight is 531 g/mol. The van der Waals surface area contributed by atoms with E-state index in [1.54, 1.807) is 49.7 Å². The third-order valence-corrected chi connectivity index (χ3v) is 6.15. The number of nitrogens with zero attached hydrogens (tertiary/aromatic N) is 2. The molecule has 2 aromatic carbocycles. The summed E-state index contributed by atoms with van der Waals surface area (Å²) in [7, 11) is 1.54. The van der Waals surface area contributed by atoms with Gasteiger partial charge in [-0.25, -0.2) is 4.98 Å². The van der Waals surface area contributed by atoms with Gasteiger partial charge in [0.15, 0.2) is 0 Å². The lowest BCUT2D eigenvalue weighted by molar-refractivity contribution is -0.117. The number of aryl methyl sites for hydroxylation is 1. The molecule has 1 aliphatic rings. The molecule has 0 radical (unpaired) electrons. The summed E-state index contributed by atoms with van der Waals surface area (Å²) in [5, 5.41) is 25.4. The number of benzene rings is 2. The molecule has 1 aromatic heterocycles. The summed E-state index contributed by atoms with van der Waals surface area (Å²) in [5.41, 5.74) is 5.70. The maximum Gasteiger partial charge on any atom is 0.250 e. The number of nitrogens with one attached hydrogen (secondary N) is 2. The fourth-order valence-corrected chi connectivity index (χ4v) is 4.43. The zero-order chi connectivity index (χ0) is 27.8. The van der Waals surface area contributed by atoms with Crippen LogP contribution in [0.25, 0.3) is 0 Å². The van der Waals surface area contributed by atoms with Crippen LogP contribution in [-0.2, 0) is 11.3 Å². The number of phenols is 1. The predicted octanol–water partition coefficient (Wildman–Crippen LogP) is 6.18. The van der Waals surface area contributed by atoms with E-state index in [0.717, 1.165) is 27.9 Å². The standard InChI is InChI=1S/C28H28N4O4.C2H6.CH4/c1-5-36-28-25-24(21-11-8-19(13-29)12-22(21)35-4)23(17(3)32-26(25)16(2)14-31-28)27(34)30-15-18-6-9-20(33)10-7-18;1-2;/h6-12,14,24,32-33H,5,15H2,1-4H3,(H,30,34);1-2H3;1H4. The minimum atomic E-state index is -0.558.